The number of rotatable bonds is 4. The Hall–Kier alpha value is -3.07. The van der Waals surface area contributed by atoms with E-state index in [0.29, 0.717) is 6.42 Å². The minimum Gasteiger partial charge on any atom is -0.494 e. The lowest BCUT2D eigenvalue weighted by molar-refractivity contribution is -0.116. The van der Waals surface area contributed by atoms with Crippen molar-refractivity contribution in [3.05, 3.63) is 77.5 Å². The van der Waals surface area contributed by atoms with Crippen LogP contribution in [0.4, 0.5) is 5.69 Å². The normalized spacial score (nSPS) is 16.0. The number of benzene rings is 3. The zero-order valence-corrected chi connectivity index (χ0v) is 16.8. The Bertz CT molecular complexity index is 1110. The zero-order chi connectivity index (χ0) is 19.8. The highest BCUT2D eigenvalue weighted by Crippen LogP contribution is 2.43. The van der Waals surface area contributed by atoms with E-state index in [1.165, 1.54) is 27.5 Å². The molecular formula is C26H25NO2. The molecule has 5 rings (SSSR count). The SMILES string of the molecule is CCCOc1ccc(N2Cc3ccc4ccccc4c3C3=C2C(=O)CCC3)cc1. The van der Waals surface area contributed by atoms with Gasteiger partial charge in [-0.05, 0) is 71.0 Å². The summed E-state index contributed by atoms with van der Waals surface area (Å²) >= 11 is 0. The number of fused-ring (bicyclic) bond motifs is 4. The number of ketones is 1. The molecule has 0 spiro atoms. The summed E-state index contributed by atoms with van der Waals surface area (Å²) in [5.41, 5.74) is 5.73. The molecule has 3 heteroatoms. The minimum absolute atomic E-state index is 0.260. The molecule has 0 bridgehead atoms. The summed E-state index contributed by atoms with van der Waals surface area (Å²) in [6.45, 7) is 3.54. The van der Waals surface area contributed by atoms with E-state index < -0.39 is 0 Å². The topological polar surface area (TPSA) is 29.5 Å². The lowest BCUT2D eigenvalue weighted by Crippen LogP contribution is -2.33. The molecule has 0 unspecified atom stereocenters. The van der Waals surface area contributed by atoms with Crippen LogP contribution in [-0.4, -0.2) is 12.4 Å². The second-order valence-corrected chi connectivity index (χ2v) is 7.85. The van der Waals surface area contributed by atoms with Crippen LogP contribution in [0.3, 0.4) is 0 Å². The molecule has 3 nitrogen and oxygen atoms in total. The Labute approximate surface area is 171 Å². The maximum Gasteiger partial charge on any atom is 0.179 e. The second kappa shape index (κ2) is 7.40. The molecule has 0 aromatic heterocycles. The number of hydrogen-bond acceptors (Lipinski definition) is 3. The van der Waals surface area contributed by atoms with Gasteiger partial charge in [-0.1, -0.05) is 43.3 Å². The molecule has 0 N–H and O–H groups in total. The van der Waals surface area contributed by atoms with E-state index in [-0.39, 0.29) is 5.78 Å². The fraction of sp³-hybridized carbons (Fsp3) is 0.269. The van der Waals surface area contributed by atoms with Crippen molar-refractivity contribution >= 4 is 27.8 Å². The number of allylic oxidation sites excluding steroid dienone is 2. The van der Waals surface area contributed by atoms with E-state index in [0.717, 1.165) is 49.5 Å². The first-order chi connectivity index (χ1) is 14.3. The van der Waals surface area contributed by atoms with Crippen molar-refractivity contribution < 1.29 is 9.53 Å². The average Bonchev–Trinajstić information content (AvgIpc) is 2.77. The minimum atomic E-state index is 0.260. The second-order valence-electron chi connectivity index (χ2n) is 7.85. The molecule has 0 amide bonds. The zero-order valence-electron chi connectivity index (χ0n) is 16.8. The van der Waals surface area contributed by atoms with Gasteiger partial charge in [-0.15, -0.1) is 0 Å². The number of carbonyl (C=O) groups is 1. The highest BCUT2D eigenvalue weighted by Gasteiger charge is 2.33. The quantitative estimate of drug-likeness (QED) is 0.544. The lowest BCUT2D eigenvalue weighted by atomic mass is 9.81. The molecule has 0 atom stereocenters. The van der Waals surface area contributed by atoms with Gasteiger partial charge in [0.1, 0.15) is 5.75 Å². The predicted molar refractivity (Wildman–Crippen MR) is 118 cm³/mol. The smallest absolute Gasteiger partial charge is 0.179 e. The van der Waals surface area contributed by atoms with E-state index in [1.54, 1.807) is 0 Å². The van der Waals surface area contributed by atoms with E-state index in [4.69, 9.17) is 4.74 Å². The average molecular weight is 383 g/mol. The fourth-order valence-electron chi connectivity index (χ4n) is 4.60. The van der Waals surface area contributed by atoms with Crippen LogP contribution >= 0.6 is 0 Å². The Kier molecular flexibility index (Phi) is 4.59. The monoisotopic (exact) mass is 383 g/mol. The number of carbonyl (C=O) groups excluding carboxylic acids is 1. The molecule has 3 aromatic carbocycles. The third-order valence-electron chi connectivity index (χ3n) is 5.92. The van der Waals surface area contributed by atoms with Crippen molar-refractivity contribution in [3.63, 3.8) is 0 Å². The van der Waals surface area contributed by atoms with Gasteiger partial charge in [-0.2, -0.15) is 0 Å². The Morgan fingerprint density at radius 2 is 1.79 bits per heavy atom. The van der Waals surface area contributed by atoms with Gasteiger partial charge in [0.05, 0.1) is 12.3 Å². The van der Waals surface area contributed by atoms with Crippen LogP contribution in [0.5, 0.6) is 5.75 Å². The summed E-state index contributed by atoms with van der Waals surface area (Å²) in [6.07, 6.45) is 3.50. The van der Waals surface area contributed by atoms with Gasteiger partial charge in [0.2, 0.25) is 0 Å². The van der Waals surface area contributed by atoms with Crippen LogP contribution in [-0.2, 0) is 11.3 Å². The Morgan fingerprint density at radius 3 is 2.62 bits per heavy atom. The van der Waals surface area contributed by atoms with E-state index in [1.807, 2.05) is 12.1 Å². The lowest BCUT2D eigenvalue weighted by Gasteiger charge is -2.37. The number of ether oxygens (including phenoxy) is 1. The third-order valence-corrected chi connectivity index (χ3v) is 5.92. The van der Waals surface area contributed by atoms with Gasteiger partial charge in [0.25, 0.3) is 0 Å². The molecule has 3 aromatic rings. The molecule has 0 fully saturated rings. The standard InChI is InChI=1S/C26H25NO2/c1-2-16-29-21-14-12-20(13-15-21)27-17-19-11-10-18-6-3-4-7-22(18)25(19)23-8-5-9-24(28)26(23)27/h3-4,6-7,10-15H,2,5,8-9,16-17H2,1H3. The van der Waals surface area contributed by atoms with E-state index in [9.17, 15) is 4.79 Å². The van der Waals surface area contributed by atoms with Gasteiger partial charge in [0.15, 0.2) is 5.78 Å². The van der Waals surface area contributed by atoms with Gasteiger partial charge in [-0.25, -0.2) is 0 Å². The number of anilines is 1. The molecule has 0 saturated heterocycles. The first kappa shape index (κ1) is 18.0. The first-order valence-electron chi connectivity index (χ1n) is 10.5. The van der Waals surface area contributed by atoms with Crippen molar-refractivity contribution in [2.75, 3.05) is 11.5 Å². The Morgan fingerprint density at radius 1 is 0.966 bits per heavy atom. The van der Waals surface area contributed by atoms with Crippen molar-refractivity contribution in [3.8, 4) is 5.75 Å². The van der Waals surface area contributed by atoms with Crippen LogP contribution in [0, 0.1) is 0 Å². The van der Waals surface area contributed by atoms with Crippen molar-refractivity contribution in [1.82, 2.24) is 0 Å². The largest absolute Gasteiger partial charge is 0.494 e. The van der Waals surface area contributed by atoms with E-state index in [2.05, 4.69) is 60.4 Å². The number of nitrogens with zero attached hydrogens (tertiary/aromatic N) is 1. The molecule has 2 aliphatic rings. The van der Waals surface area contributed by atoms with Crippen molar-refractivity contribution in [1.29, 1.82) is 0 Å². The van der Waals surface area contributed by atoms with Gasteiger partial charge >= 0.3 is 0 Å². The van der Waals surface area contributed by atoms with Gasteiger partial charge in [-0.3, -0.25) is 4.79 Å². The van der Waals surface area contributed by atoms with Crippen molar-refractivity contribution in [2.45, 2.75) is 39.2 Å². The molecule has 0 saturated carbocycles. The molecule has 1 aliphatic carbocycles. The van der Waals surface area contributed by atoms with Crippen LogP contribution in [0.25, 0.3) is 16.3 Å². The summed E-state index contributed by atoms with van der Waals surface area (Å²) in [5.74, 6) is 1.14. The molecule has 1 heterocycles. The molecule has 146 valence electrons. The van der Waals surface area contributed by atoms with E-state index >= 15 is 0 Å². The molecular weight excluding hydrogens is 358 g/mol. The highest BCUT2D eigenvalue weighted by atomic mass is 16.5. The number of hydrogen-bond donors (Lipinski definition) is 0. The Balaban J connectivity index is 1.63. The molecule has 0 radical (unpaired) electrons. The molecule has 1 aliphatic heterocycles. The first-order valence-corrected chi connectivity index (χ1v) is 10.5. The van der Waals surface area contributed by atoms with Crippen LogP contribution in [0.2, 0.25) is 0 Å². The summed E-state index contributed by atoms with van der Waals surface area (Å²) in [5, 5.41) is 2.50. The summed E-state index contributed by atoms with van der Waals surface area (Å²) < 4.78 is 5.73. The summed E-state index contributed by atoms with van der Waals surface area (Å²) in [4.78, 5) is 15.2. The predicted octanol–water partition coefficient (Wildman–Crippen LogP) is 6.11. The maximum absolute atomic E-state index is 13.0. The summed E-state index contributed by atoms with van der Waals surface area (Å²) in [7, 11) is 0. The molecule has 29 heavy (non-hydrogen) atoms. The highest BCUT2D eigenvalue weighted by molar-refractivity contribution is 6.11. The van der Waals surface area contributed by atoms with Gasteiger partial charge < -0.3 is 9.64 Å². The fourth-order valence-corrected chi connectivity index (χ4v) is 4.60. The van der Waals surface area contributed by atoms with Crippen molar-refractivity contribution in [2.24, 2.45) is 0 Å². The van der Waals surface area contributed by atoms with Crippen LogP contribution < -0.4 is 9.64 Å². The summed E-state index contributed by atoms with van der Waals surface area (Å²) in [6, 6.07) is 21.1. The van der Waals surface area contributed by atoms with Crippen LogP contribution in [0.15, 0.2) is 66.4 Å². The van der Waals surface area contributed by atoms with Crippen LogP contribution in [0.1, 0.15) is 43.7 Å². The van der Waals surface area contributed by atoms with Gasteiger partial charge in [0, 0.05) is 18.7 Å². The number of Topliss-reactive ketones (excluding diaryl/α,β-unsaturated/α-hetero) is 1. The maximum atomic E-state index is 13.0. The third kappa shape index (κ3) is 3.11.